The van der Waals surface area contributed by atoms with Gasteiger partial charge in [0.15, 0.2) is 0 Å². The smallest absolute Gasteiger partial charge is 0.254 e. The van der Waals surface area contributed by atoms with Crippen LogP contribution in [0.1, 0.15) is 43.0 Å². The molecule has 0 radical (unpaired) electrons. The number of carbonyl (C=O) groups is 3. The molecule has 2 fully saturated rings. The molecule has 0 aromatic carbocycles. The van der Waals surface area contributed by atoms with Gasteiger partial charge in [0.25, 0.3) is 5.91 Å². The van der Waals surface area contributed by atoms with E-state index in [1.165, 1.54) is 12.5 Å². The topological polar surface area (TPSA) is 82.9 Å². The van der Waals surface area contributed by atoms with Crippen molar-refractivity contribution in [3.05, 3.63) is 24.2 Å². The molecule has 26 heavy (non-hydrogen) atoms. The van der Waals surface area contributed by atoms with E-state index in [-0.39, 0.29) is 30.2 Å². The highest BCUT2D eigenvalue weighted by Gasteiger charge is 2.31. The average molecular weight is 361 g/mol. The lowest BCUT2D eigenvalue weighted by Gasteiger charge is -2.36. The van der Waals surface area contributed by atoms with E-state index in [0.29, 0.717) is 37.4 Å². The number of amides is 3. The molecule has 3 heterocycles. The van der Waals surface area contributed by atoms with Crippen LogP contribution in [0.5, 0.6) is 0 Å². The first kappa shape index (κ1) is 18.5. The second-order valence-electron chi connectivity index (χ2n) is 7.36. The van der Waals surface area contributed by atoms with E-state index >= 15 is 0 Å². The number of furan rings is 1. The van der Waals surface area contributed by atoms with Crippen LogP contribution in [0.3, 0.4) is 0 Å². The number of rotatable bonds is 4. The summed E-state index contributed by atoms with van der Waals surface area (Å²) in [6, 6.07) is 1.55. The van der Waals surface area contributed by atoms with Crippen LogP contribution in [0.2, 0.25) is 0 Å². The number of nitrogens with one attached hydrogen (secondary N) is 1. The summed E-state index contributed by atoms with van der Waals surface area (Å²) in [6.45, 7) is 5.06. The molecule has 1 N–H and O–H groups in total. The number of piperidine rings is 2. The Labute approximate surface area is 153 Å². The molecule has 142 valence electrons. The lowest BCUT2D eigenvalue weighted by atomic mass is 9.92. The average Bonchev–Trinajstić information content (AvgIpc) is 3.21. The number of hydrogen-bond donors (Lipinski definition) is 1. The summed E-state index contributed by atoms with van der Waals surface area (Å²) in [6.07, 6.45) is 6.33. The molecule has 0 saturated carbocycles. The Bertz CT molecular complexity index is 627. The van der Waals surface area contributed by atoms with Crippen molar-refractivity contribution in [1.82, 2.24) is 15.1 Å². The van der Waals surface area contributed by atoms with Gasteiger partial charge in [-0.05, 0) is 37.7 Å². The molecule has 2 saturated heterocycles. The summed E-state index contributed by atoms with van der Waals surface area (Å²) in [4.78, 5) is 40.5. The standard InChI is InChI=1S/C19H27N3O4/c1-14-2-7-22(8-3-14)19(25)15-4-9-21(10-5-15)17(23)12-20-18(24)16-6-11-26-13-16/h6,11,13-15H,2-5,7-10,12H2,1H3,(H,20,24). The monoisotopic (exact) mass is 361 g/mol. The molecule has 0 bridgehead atoms. The van der Waals surface area contributed by atoms with Gasteiger partial charge in [-0.15, -0.1) is 0 Å². The quantitative estimate of drug-likeness (QED) is 0.881. The highest BCUT2D eigenvalue weighted by Crippen LogP contribution is 2.23. The van der Waals surface area contributed by atoms with Gasteiger partial charge in [0.1, 0.15) is 6.26 Å². The van der Waals surface area contributed by atoms with Crippen molar-refractivity contribution in [2.75, 3.05) is 32.7 Å². The van der Waals surface area contributed by atoms with Gasteiger partial charge < -0.3 is 19.5 Å². The van der Waals surface area contributed by atoms with Gasteiger partial charge in [0.2, 0.25) is 11.8 Å². The van der Waals surface area contributed by atoms with E-state index < -0.39 is 0 Å². The summed E-state index contributed by atoms with van der Waals surface area (Å²) in [5, 5.41) is 2.61. The zero-order valence-electron chi connectivity index (χ0n) is 15.3. The van der Waals surface area contributed by atoms with Gasteiger partial charge in [0.05, 0.1) is 18.4 Å². The first-order valence-electron chi connectivity index (χ1n) is 9.41. The number of hydrogen-bond acceptors (Lipinski definition) is 4. The Morgan fingerprint density at radius 3 is 2.35 bits per heavy atom. The third kappa shape index (κ3) is 4.45. The predicted molar refractivity (Wildman–Crippen MR) is 95.3 cm³/mol. The molecule has 0 aliphatic carbocycles. The molecular formula is C19H27N3O4. The number of likely N-dealkylation sites (tertiary alicyclic amines) is 2. The Kier molecular flexibility index (Phi) is 5.96. The first-order valence-corrected chi connectivity index (χ1v) is 9.41. The van der Waals surface area contributed by atoms with Crippen LogP contribution in [0, 0.1) is 11.8 Å². The minimum Gasteiger partial charge on any atom is -0.472 e. The van der Waals surface area contributed by atoms with Crippen molar-refractivity contribution in [3.8, 4) is 0 Å². The van der Waals surface area contributed by atoms with Crippen molar-refractivity contribution in [3.63, 3.8) is 0 Å². The normalized spacial score (nSPS) is 19.4. The van der Waals surface area contributed by atoms with Crippen LogP contribution >= 0.6 is 0 Å². The van der Waals surface area contributed by atoms with E-state index in [1.54, 1.807) is 11.0 Å². The van der Waals surface area contributed by atoms with E-state index in [4.69, 9.17) is 4.42 Å². The van der Waals surface area contributed by atoms with Gasteiger partial charge in [0, 0.05) is 32.1 Å². The second-order valence-corrected chi connectivity index (χ2v) is 7.36. The van der Waals surface area contributed by atoms with Gasteiger partial charge in [-0.1, -0.05) is 6.92 Å². The summed E-state index contributed by atoms with van der Waals surface area (Å²) < 4.78 is 4.86. The maximum absolute atomic E-state index is 12.6. The summed E-state index contributed by atoms with van der Waals surface area (Å²) >= 11 is 0. The third-order valence-corrected chi connectivity index (χ3v) is 5.48. The van der Waals surface area contributed by atoms with Gasteiger partial charge in [-0.25, -0.2) is 0 Å². The molecular weight excluding hydrogens is 334 g/mol. The van der Waals surface area contributed by atoms with E-state index in [2.05, 4.69) is 12.2 Å². The predicted octanol–water partition coefficient (Wildman–Crippen LogP) is 1.51. The largest absolute Gasteiger partial charge is 0.472 e. The fourth-order valence-corrected chi connectivity index (χ4v) is 3.63. The van der Waals surface area contributed by atoms with Crippen LogP contribution in [0.15, 0.2) is 23.0 Å². The zero-order chi connectivity index (χ0) is 18.5. The van der Waals surface area contributed by atoms with Crippen molar-refractivity contribution in [2.45, 2.75) is 32.6 Å². The van der Waals surface area contributed by atoms with Crippen LogP contribution in [-0.4, -0.2) is 60.2 Å². The molecule has 1 aromatic rings. The maximum Gasteiger partial charge on any atom is 0.254 e. The SMILES string of the molecule is CC1CCN(C(=O)C2CCN(C(=O)CNC(=O)c3ccoc3)CC2)CC1. The maximum atomic E-state index is 12.6. The van der Waals surface area contributed by atoms with Gasteiger partial charge in [-0.3, -0.25) is 14.4 Å². The molecule has 0 unspecified atom stereocenters. The van der Waals surface area contributed by atoms with Crippen molar-refractivity contribution >= 4 is 17.7 Å². The molecule has 7 heteroatoms. The van der Waals surface area contributed by atoms with E-state index in [1.807, 2.05) is 4.90 Å². The lowest BCUT2D eigenvalue weighted by molar-refractivity contribution is -0.141. The molecule has 0 atom stereocenters. The van der Waals surface area contributed by atoms with Gasteiger partial charge >= 0.3 is 0 Å². The van der Waals surface area contributed by atoms with Crippen LogP contribution in [0.4, 0.5) is 0 Å². The molecule has 0 spiro atoms. The van der Waals surface area contributed by atoms with Crippen molar-refractivity contribution in [2.24, 2.45) is 11.8 Å². The van der Waals surface area contributed by atoms with Crippen LogP contribution in [-0.2, 0) is 9.59 Å². The lowest BCUT2D eigenvalue weighted by Crippen LogP contribution is -2.48. The minimum atomic E-state index is -0.323. The highest BCUT2D eigenvalue weighted by atomic mass is 16.3. The Hall–Kier alpha value is -2.31. The summed E-state index contributed by atoms with van der Waals surface area (Å²) in [7, 11) is 0. The molecule has 3 amide bonds. The fourth-order valence-electron chi connectivity index (χ4n) is 3.63. The van der Waals surface area contributed by atoms with E-state index in [0.717, 1.165) is 25.9 Å². The first-order chi connectivity index (χ1) is 12.5. The third-order valence-electron chi connectivity index (χ3n) is 5.48. The molecule has 7 nitrogen and oxygen atoms in total. The summed E-state index contributed by atoms with van der Waals surface area (Å²) in [5.74, 6) is 0.539. The molecule has 2 aliphatic rings. The van der Waals surface area contributed by atoms with Crippen molar-refractivity contribution < 1.29 is 18.8 Å². The van der Waals surface area contributed by atoms with Crippen molar-refractivity contribution in [1.29, 1.82) is 0 Å². The number of carbonyl (C=O) groups excluding carboxylic acids is 3. The Morgan fingerprint density at radius 1 is 1.08 bits per heavy atom. The fraction of sp³-hybridized carbons (Fsp3) is 0.632. The highest BCUT2D eigenvalue weighted by molar-refractivity contribution is 5.96. The zero-order valence-corrected chi connectivity index (χ0v) is 15.3. The Balaban J connectivity index is 1.41. The van der Waals surface area contributed by atoms with Gasteiger partial charge in [-0.2, -0.15) is 0 Å². The van der Waals surface area contributed by atoms with Crippen LogP contribution < -0.4 is 5.32 Å². The summed E-state index contributed by atoms with van der Waals surface area (Å²) in [5.41, 5.74) is 0.401. The molecule has 3 rings (SSSR count). The Morgan fingerprint density at radius 2 is 1.73 bits per heavy atom. The molecule has 1 aromatic heterocycles. The van der Waals surface area contributed by atoms with E-state index in [9.17, 15) is 14.4 Å². The second kappa shape index (κ2) is 8.38. The number of nitrogens with zero attached hydrogens (tertiary/aromatic N) is 2. The minimum absolute atomic E-state index is 0.0213. The molecule has 2 aliphatic heterocycles. The van der Waals surface area contributed by atoms with Crippen LogP contribution in [0.25, 0.3) is 0 Å².